The van der Waals surface area contributed by atoms with Crippen molar-refractivity contribution in [2.75, 3.05) is 10.5 Å². The molecule has 0 amide bonds. The summed E-state index contributed by atoms with van der Waals surface area (Å²) in [7, 11) is -3.66. The summed E-state index contributed by atoms with van der Waals surface area (Å²) in [6, 6.07) is 10.5. The van der Waals surface area contributed by atoms with E-state index in [1.54, 1.807) is 18.2 Å². The molecule has 8 heteroatoms. The van der Waals surface area contributed by atoms with Gasteiger partial charge >= 0.3 is 5.76 Å². The number of anilines is 1. The van der Waals surface area contributed by atoms with E-state index in [1.165, 1.54) is 24.3 Å². The number of sulfonamides is 1. The lowest BCUT2D eigenvalue weighted by Crippen LogP contribution is -2.18. The minimum Gasteiger partial charge on any atom is -0.408 e. The summed E-state index contributed by atoms with van der Waals surface area (Å²) < 4.78 is 44.9. The summed E-state index contributed by atoms with van der Waals surface area (Å²) in [4.78, 5) is 13.5. The molecule has 0 aliphatic heterocycles. The number of halogens is 1. The Morgan fingerprint density at radius 3 is 2.74 bits per heavy atom. The van der Waals surface area contributed by atoms with Crippen molar-refractivity contribution in [2.24, 2.45) is 0 Å². The summed E-state index contributed by atoms with van der Waals surface area (Å²) in [6.07, 6.45) is 0.0590. The Morgan fingerprint density at radius 1 is 1.17 bits per heavy atom. The molecule has 0 aliphatic carbocycles. The Labute approximate surface area is 131 Å². The molecule has 0 bridgehead atoms. The van der Waals surface area contributed by atoms with Crippen molar-refractivity contribution >= 4 is 26.8 Å². The van der Waals surface area contributed by atoms with Crippen LogP contribution in [-0.4, -0.2) is 19.2 Å². The van der Waals surface area contributed by atoms with Gasteiger partial charge in [0.15, 0.2) is 5.58 Å². The van der Waals surface area contributed by atoms with Crippen molar-refractivity contribution in [1.29, 1.82) is 0 Å². The lowest BCUT2D eigenvalue weighted by atomic mass is 10.2. The van der Waals surface area contributed by atoms with Gasteiger partial charge in [-0.3, -0.25) is 9.71 Å². The fraction of sp³-hybridized carbons (Fsp3) is 0.133. The molecule has 3 aromatic rings. The molecule has 0 spiro atoms. The molecule has 1 heterocycles. The number of hydrogen-bond donors (Lipinski definition) is 2. The molecular weight excluding hydrogens is 323 g/mol. The van der Waals surface area contributed by atoms with Crippen molar-refractivity contribution < 1.29 is 17.2 Å². The number of fused-ring (bicyclic) bond motifs is 1. The van der Waals surface area contributed by atoms with E-state index in [2.05, 4.69) is 9.71 Å². The third-order valence-electron chi connectivity index (χ3n) is 3.29. The van der Waals surface area contributed by atoms with Crippen molar-refractivity contribution in [3.05, 3.63) is 64.4 Å². The van der Waals surface area contributed by atoms with Gasteiger partial charge in [0.05, 0.1) is 17.0 Å². The Morgan fingerprint density at radius 2 is 1.96 bits per heavy atom. The number of nitrogens with one attached hydrogen (secondary N) is 2. The predicted octanol–water partition coefficient (Wildman–Crippen LogP) is 2.24. The molecular formula is C15H13FN2O4S. The van der Waals surface area contributed by atoms with Crippen molar-refractivity contribution in [2.45, 2.75) is 6.42 Å². The van der Waals surface area contributed by atoms with E-state index in [4.69, 9.17) is 4.42 Å². The second kappa shape index (κ2) is 5.88. The fourth-order valence-electron chi connectivity index (χ4n) is 2.18. The van der Waals surface area contributed by atoms with Crippen molar-refractivity contribution in [1.82, 2.24) is 4.98 Å². The van der Waals surface area contributed by atoms with Gasteiger partial charge in [-0.05, 0) is 30.2 Å². The molecule has 0 atom stereocenters. The van der Waals surface area contributed by atoms with Gasteiger partial charge in [-0.2, -0.15) is 0 Å². The molecule has 0 unspecified atom stereocenters. The van der Waals surface area contributed by atoms with Gasteiger partial charge in [-0.25, -0.2) is 17.6 Å². The fourth-order valence-corrected chi connectivity index (χ4v) is 3.26. The van der Waals surface area contributed by atoms with Crippen LogP contribution in [0, 0.1) is 5.82 Å². The molecule has 2 aromatic carbocycles. The average Bonchev–Trinajstić information content (AvgIpc) is 2.85. The minimum absolute atomic E-state index is 0.0590. The molecule has 2 N–H and O–H groups in total. The highest BCUT2D eigenvalue weighted by Crippen LogP contribution is 2.18. The Hall–Kier alpha value is -2.61. The molecule has 0 saturated heterocycles. The van der Waals surface area contributed by atoms with Crippen LogP contribution in [0.3, 0.4) is 0 Å². The van der Waals surface area contributed by atoms with E-state index in [-0.39, 0.29) is 23.4 Å². The normalized spacial score (nSPS) is 11.7. The third-order valence-corrected chi connectivity index (χ3v) is 4.58. The zero-order chi connectivity index (χ0) is 16.4. The second-order valence-electron chi connectivity index (χ2n) is 4.99. The maximum atomic E-state index is 13.5. The Balaban J connectivity index is 1.74. The van der Waals surface area contributed by atoms with Crippen LogP contribution in [0.5, 0.6) is 0 Å². The largest absolute Gasteiger partial charge is 0.417 e. The van der Waals surface area contributed by atoms with Crippen LogP contribution in [0.25, 0.3) is 11.1 Å². The molecule has 120 valence electrons. The van der Waals surface area contributed by atoms with E-state index in [0.29, 0.717) is 11.1 Å². The highest BCUT2D eigenvalue weighted by molar-refractivity contribution is 7.92. The maximum absolute atomic E-state index is 13.5. The van der Waals surface area contributed by atoms with E-state index in [9.17, 15) is 17.6 Å². The Bertz CT molecular complexity index is 1010. The van der Waals surface area contributed by atoms with E-state index < -0.39 is 21.6 Å². The first-order chi connectivity index (χ1) is 10.9. The van der Waals surface area contributed by atoms with Crippen molar-refractivity contribution in [3.8, 4) is 0 Å². The number of benzene rings is 2. The van der Waals surface area contributed by atoms with Gasteiger partial charge in [0, 0.05) is 6.07 Å². The lowest BCUT2D eigenvalue weighted by molar-refractivity contribution is 0.555. The number of aryl methyl sites for hydroxylation is 1. The molecule has 0 fully saturated rings. The lowest BCUT2D eigenvalue weighted by Gasteiger charge is -2.08. The molecule has 0 radical (unpaired) electrons. The molecule has 0 saturated carbocycles. The zero-order valence-corrected chi connectivity index (χ0v) is 12.7. The highest BCUT2D eigenvalue weighted by atomic mass is 32.2. The van der Waals surface area contributed by atoms with E-state index >= 15 is 0 Å². The molecule has 0 aliphatic rings. The van der Waals surface area contributed by atoms with Crippen LogP contribution in [-0.2, 0) is 16.4 Å². The smallest absolute Gasteiger partial charge is 0.408 e. The number of oxazole rings is 1. The first-order valence-electron chi connectivity index (χ1n) is 6.80. The Kier molecular flexibility index (Phi) is 3.91. The highest BCUT2D eigenvalue weighted by Gasteiger charge is 2.13. The summed E-state index contributed by atoms with van der Waals surface area (Å²) in [6.45, 7) is 0. The number of hydrogen-bond acceptors (Lipinski definition) is 4. The monoisotopic (exact) mass is 336 g/mol. The van der Waals surface area contributed by atoms with Crippen LogP contribution in [0.2, 0.25) is 0 Å². The molecule has 6 nitrogen and oxygen atoms in total. The molecule has 1 aromatic heterocycles. The topological polar surface area (TPSA) is 92.2 Å². The third kappa shape index (κ3) is 3.59. The number of rotatable bonds is 5. The van der Waals surface area contributed by atoms with E-state index in [1.807, 2.05) is 0 Å². The van der Waals surface area contributed by atoms with Gasteiger partial charge < -0.3 is 4.42 Å². The summed E-state index contributed by atoms with van der Waals surface area (Å²) in [5.41, 5.74) is 1.34. The number of H-pyrrole nitrogens is 1. The van der Waals surface area contributed by atoms with Crippen LogP contribution in [0.1, 0.15) is 5.56 Å². The minimum atomic E-state index is -3.66. The van der Waals surface area contributed by atoms with Crippen molar-refractivity contribution in [3.63, 3.8) is 0 Å². The first kappa shape index (κ1) is 15.3. The van der Waals surface area contributed by atoms with E-state index in [0.717, 1.165) is 0 Å². The average molecular weight is 336 g/mol. The molecule has 23 heavy (non-hydrogen) atoms. The zero-order valence-electron chi connectivity index (χ0n) is 11.9. The number of aromatic amines is 1. The van der Waals surface area contributed by atoms with Crippen LogP contribution in [0.4, 0.5) is 10.1 Å². The van der Waals surface area contributed by atoms with Gasteiger partial charge in [-0.1, -0.05) is 18.2 Å². The van der Waals surface area contributed by atoms with Crippen LogP contribution < -0.4 is 10.5 Å². The van der Waals surface area contributed by atoms with Gasteiger partial charge in [0.25, 0.3) is 0 Å². The summed E-state index contributed by atoms with van der Waals surface area (Å²) in [5.74, 6) is -1.30. The summed E-state index contributed by atoms with van der Waals surface area (Å²) >= 11 is 0. The number of aromatic nitrogens is 1. The van der Waals surface area contributed by atoms with Gasteiger partial charge in [-0.15, -0.1) is 0 Å². The quantitative estimate of drug-likeness (QED) is 0.747. The maximum Gasteiger partial charge on any atom is 0.417 e. The SMILES string of the molecule is O=c1[nH]c2ccc(NS(=O)(=O)CCc3ccccc3F)cc2o1. The van der Waals surface area contributed by atoms with Crippen LogP contribution >= 0.6 is 0 Å². The van der Waals surface area contributed by atoms with Gasteiger partial charge in [0.2, 0.25) is 10.0 Å². The van der Waals surface area contributed by atoms with Crippen LogP contribution in [0.15, 0.2) is 51.7 Å². The summed E-state index contributed by atoms with van der Waals surface area (Å²) in [5, 5.41) is 0. The van der Waals surface area contributed by atoms with Gasteiger partial charge in [0.1, 0.15) is 5.82 Å². The predicted molar refractivity (Wildman–Crippen MR) is 84.3 cm³/mol. The molecule has 3 rings (SSSR count). The first-order valence-corrected chi connectivity index (χ1v) is 8.45. The second-order valence-corrected chi connectivity index (χ2v) is 6.83. The standard InChI is InChI=1S/C15H13FN2O4S/c16-12-4-2-1-3-10(12)7-8-23(20,21)18-11-5-6-13-14(9-11)22-15(19)17-13/h1-6,9,18H,7-8H2,(H,17,19).